The zero-order chi connectivity index (χ0) is 13.9. The summed E-state index contributed by atoms with van der Waals surface area (Å²) < 4.78 is 0. The van der Waals surface area contributed by atoms with Crippen LogP contribution in [0.15, 0.2) is 23.4 Å². The van der Waals surface area contributed by atoms with Crippen LogP contribution in [0, 0.1) is 6.92 Å². The first-order valence-corrected chi connectivity index (χ1v) is 5.38. The molecule has 0 aliphatic rings. The molecule has 0 saturated heterocycles. The van der Waals surface area contributed by atoms with Crippen LogP contribution in [0.5, 0.6) is 5.75 Å². The Morgan fingerprint density at radius 1 is 1.44 bits per heavy atom. The Morgan fingerprint density at radius 2 is 2.06 bits per heavy atom. The van der Waals surface area contributed by atoms with Crippen LogP contribution in [0.25, 0.3) is 0 Å². The third kappa shape index (κ3) is 2.71. The van der Waals surface area contributed by atoms with Crippen LogP contribution < -0.4 is 11.1 Å². The van der Waals surface area contributed by atoms with E-state index in [1.165, 1.54) is 6.07 Å². The maximum Gasteiger partial charge on any atom is 0.252 e. The van der Waals surface area contributed by atoms with Crippen LogP contribution in [0.3, 0.4) is 0 Å². The molecular weight excluding hydrogens is 234 g/mol. The molecule has 18 heavy (non-hydrogen) atoms. The number of nitrogens with zero attached hydrogens (tertiary/aromatic N) is 1. The molecule has 0 saturated carbocycles. The molecule has 0 aliphatic carbocycles. The van der Waals surface area contributed by atoms with Crippen LogP contribution in [0.1, 0.15) is 29.8 Å². The second kappa shape index (κ2) is 4.95. The Kier molecular flexibility index (Phi) is 3.80. The quantitative estimate of drug-likeness (QED) is 0.277. The van der Waals surface area contributed by atoms with Crippen molar-refractivity contribution in [3.8, 4) is 5.75 Å². The number of carbonyl (C=O) groups is 1. The number of benzene rings is 1. The zero-order valence-corrected chi connectivity index (χ0v) is 10.6. The maximum absolute atomic E-state index is 12.0. The summed E-state index contributed by atoms with van der Waals surface area (Å²) in [7, 11) is 0. The fraction of sp³-hybridized carbons (Fsp3) is 0.333. The molecule has 0 unspecified atom stereocenters. The normalized spacial score (nSPS) is 12.3. The third-order valence-electron chi connectivity index (χ3n) is 2.72. The molecule has 1 amide bonds. The number of nitrogens with two attached hydrogens (primary N) is 1. The highest BCUT2D eigenvalue weighted by atomic mass is 16.4. The lowest BCUT2D eigenvalue weighted by Gasteiger charge is -2.25. The van der Waals surface area contributed by atoms with Crippen molar-refractivity contribution in [3.05, 3.63) is 29.3 Å². The molecule has 0 radical (unpaired) electrons. The molecule has 6 nitrogen and oxygen atoms in total. The second-order valence-electron chi connectivity index (χ2n) is 4.51. The Bertz CT molecular complexity index is 495. The third-order valence-corrected chi connectivity index (χ3v) is 2.72. The minimum Gasteiger partial charge on any atom is -0.508 e. The molecule has 98 valence electrons. The number of carbonyl (C=O) groups excluding carboxylic acids is 1. The maximum atomic E-state index is 12.0. The summed E-state index contributed by atoms with van der Waals surface area (Å²) in [6.07, 6.45) is 0. The van der Waals surface area contributed by atoms with Crippen molar-refractivity contribution in [2.75, 3.05) is 0 Å². The molecule has 1 rings (SSSR count). The molecule has 0 atom stereocenters. The van der Waals surface area contributed by atoms with Gasteiger partial charge in [0.15, 0.2) is 5.84 Å². The predicted octanol–water partition coefficient (Wildman–Crippen LogP) is 0.955. The first-order valence-electron chi connectivity index (χ1n) is 5.38. The van der Waals surface area contributed by atoms with Crippen molar-refractivity contribution in [1.82, 2.24) is 5.32 Å². The monoisotopic (exact) mass is 251 g/mol. The number of phenolic OH excluding ortho intramolecular Hbond substituents is 1. The van der Waals surface area contributed by atoms with E-state index in [2.05, 4.69) is 10.5 Å². The van der Waals surface area contributed by atoms with Gasteiger partial charge in [-0.25, -0.2) is 0 Å². The van der Waals surface area contributed by atoms with Crippen LogP contribution in [-0.2, 0) is 0 Å². The highest BCUT2D eigenvalue weighted by molar-refractivity contribution is 6.01. The van der Waals surface area contributed by atoms with Crippen molar-refractivity contribution in [2.45, 2.75) is 26.3 Å². The molecule has 6 heteroatoms. The number of phenols is 1. The minimum absolute atomic E-state index is 0.0456. The summed E-state index contributed by atoms with van der Waals surface area (Å²) in [6.45, 7) is 4.86. The standard InChI is InChI=1S/C12H17N3O3/c1-7-8(5-4-6-9(7)16)10(17)14-12(2,3)11(13)15-18/h4-6,16,18H,1-3H3,(H2,13,15)(H,14,17). The minimum atomic E-state index is -0.982. The summed E-state index contributed by atoms with van der Waals surface area (Å²) >= 11 is 0. The fourth-order valence-electron chi connectivity index (χ4n) is 1.41. The highest BCUT2D eigenvalue weighted by Gasteiger charge is 2.27. The van der Waals surface area contributed by atoms with Crippen molar-refractivity contribution < 1.29 is 15.1 Å². The fourth-order valence-corrected chi connectivity index (χ4v) is 1.41. The average molecular weight is 251 g/mol. The molecule has 0 aromatic heterocycles. The van der Waals surface area contributed by atoms with E-state index in [-0.39, 0.29) is 11.6 Å². The Hall–Kier alpha value is -2.24. The number of aromatic hydroxyl groups is 1. The van der Waals surface area contributed by atoms with Gasteiger partial charge in [0.25, 0.3) is 5.91 Å². The van der Waals surface area contributed by atoms with Gasteiger partial charge in [0, 0.05) is 11.1 Å². The summed E-state index contributed by atoms with van der Waals surface area (Å²) in [6, 6.07) is 4.67. The lowest BCUT2D eigenvalue weighted by Crippen LogP contribution is -2.53. The van der Waals surface area contributed by atoms with Crippen molar-refractivity contribution in [1.29, 1.82) is 0 Å². The number of hydrogen-bond acceptors (Lipinski definition) is 4. The number of oxime groups is 1. The Labute approximate surface area is 105 Å². The van der Waals surface area contributed by atoms with Crippen LogP contribution in [0.4, 0.5) is 0 Å². The molecule has 0 spiro atoms. The zero-order valence-electron chi connectivity index (χ0n) is 10.6. The van der Waals surface area contributed by atoms with Gasteiger partial charge in [-0.3, -0.25) is 4.79 Å². The van der Waals surface area contributed by atoms with E-state index < -0.39 is 11.4 Å². The van der Waals surface area contributed by atoms with Gasteiger partial charge in [0.1, 0.15) is 5.75 Å². The molecule has 0 heterocycles. The van der Waals surface area contributed by atoms with Gasteiger partial charge in [-0.2, -0.15) is 0 Å². The molecular formula is C12H17N3O3. The number of hydrogen-bond donors (Lipinski definition) is 4. The summed E-state index contributed by atoms with van der Waals surface area (Å²) in [5, 5.41) is 23.7. The van der Waals surface area contributed by atoms with E-state index in [4.69, 9.17) is 10.9 Å². The smallest absolute Gasteiger partial charge is 0.252 e. The largest absolute Gasteiger partial charge is 0.508 e. The molecule has 0 bridgehead atoms. The summed E-state index contributed by atoms with van der Waals surface area (Å²) in [5.41, 5.74) is 5.32. The van der Waals surface area contributed by atoms with E-state index in [9.17, 15) is 9.90 Å². The van der Waals surface area contributed by atoms with Gasteiger partial charge in [-0.05, 0) is 32.9 Å². The number of rotatable bonds is 3. The summed E-state index contributed by atoms with van der Waals surface area (Å²) in [5.74, 6) is -0.460. The van der Waals surface area contributed by atoms with E-state index in [1.54, 1.807) is 32.9 Å². The van der Waals surface area contributed by atoms with Gasteiger partial charge >= 0.3 is 0 Å². The van der Waals surface area contributed by atoms with E-state index in [0.29, 0.717) is 11.1 Å². The lowest BCUT2D eigenvalue weighted by atomic mass is 10.0. The van der Waals surface area contributed by atoms with E-state index >= 15 is 0 Å². The van der Waals surface area contributed by atoms with Crippen molar-refractivity contribution >= 4 is 11.7 Å². The lowest BCUT2D eigenvalue weighted by molar-refractivity contribution is 0.0929. The average Bonchev–Trinajstić information content (AvgIpc) is 2.30. The molecule has 1 aromatic rings. The van der Waals surface area contributed by atoms with Crippen molar-refractivity contribution in [2.24, 2.45) is 10.9 Å². The van der Waals surface area contributed by atoms with Gasteiger partial charge in [0.2, 0.25) is 0 Å². The van der Waals surface area contributed by atoms with Gasteiger partial charge in [-0.1, -0.05) is 11.2 Å². The summed E-state index contributed by atoms with van der Waals surface area (Å²) in [4.78, 5) is 12.0. The number of amidine groups is 1. The van der Waals surface area contributed by atoms with Gasteiger partial charge < -0.3 is 21.4 Å². The van der Waals surface area contributed by atoms with Crippen LogP contribution in [0.2, 0.25) is 0 Å². The molecule has 0 fully saturated rings. The Balaban J connectivity index is 3.00. The predicted molar refractivity (Wildman–Crippen MR) is 67.8 cm³/mol. The molecule has 0 aliphatic heterocycles. The van der Waals surface area contributed by atoms with Gasteiger partial charge in [-0.15, -0.1) is 0 Å². The van der Waals surface area contributed by atoms with Gasteiger partial charge in [0.05, 0.1) is 5.54 Å². The van der Waals surface area contributed by atoms with E-state index in [0.717, 1.165) is 0 Å². The first kappa shape index (κ1) is 13.8. The topological polar surface area (TPSA) is 108 Å². The highest BCUT2D eigenvalue weighted by Crippen LogP contribution is 2.20. The SMILES string of the molecule is Cc1c(O)cccc1C(=O)NC(C)(C)/C(N)=N/O. The Morgan fingerprint density at radius 3 is 2.61 bits per heavy atom. The number of amides is 1. The van der Waals surface area contributed by atoms with Crippen molar-refractivity contribution in [3.63, 3.8) is 0 Å². The first-order chi connectivity index (χ1) is 8.29. The second-order valence-corrected chi connectivity index (χ2v) is 4.51. The number of nitrogens with one attached hydrogen (secondary N) is 1. The van der Waals surface area contributed by atoms with E-state index in [1.807, 2.05) is 0 Å². The molecule has 1 aromatic carbocycles. The van der Waals surface area contributed by atoms with Crippen LogP contribution in [-0.4, -0.2) is 27.6 Å². The molecule has 5 N–H and O–H groups in total. The van der Waals surface area contributed by atoms with Crippen LogP contribution >= 0.6 is 0 Å².